The van der Waals surface area contributed by atoms with Gasteiger partial charge in [-0.25, -0.2) is 4.98 Å². The minimum Gasteiger partial charge on any atom is -0.508 e. The number of phenolic OH excluding ortho intramolecular Hbond substituents is 1. The summed E-state index contributed by atoms with van der Waals surface area (Å²) < 4.78 is 0. The first-order chi connectivity index (χ1) is 7.65. The van der Waals surface area contributed by atoms with Crippen LogP contribution in [0.15, 0.2) is 24.4 Å². The second kappa shape index (κ2) is 4.53. The lowest BCUT2D eigenvalue weighted by atomic mass is 10.2. The van der Waals surface area contributed by atoms with Gasteiger partial charge in [0.15, 0.2) is 0 Å². The first-order valence-electron chi connectivity index (χ1n) is 5.10. The van der Waals surface area contributed by atoms with E-state index in [0.29, 0.717) is 5.75 Å². The normalized spacial score (nSPS) is 10.4. The van der Waals surface area contributed by atoms with Crippen LogP contribution in [0.25, 0.3) is 0 Å². The van der Waals surface area contributed by atoms with Crippen LogP contribution < -0.4 is 5.32 Å². The van der Waals surface area contributed by atoms with E-state index in [1.54, 1.807) is 23.5 Å². The van der Waals surface area contributed by atoms with Gasteiger partial charge in [-0.1, -0.05) is 0 Å². The van der Waals surface area contributed by atoms with E-state index in [1.807, 2.05) is 26.1 Å². The van der Waals surface area contributed by atoms with Crippen LogP contribution in [0.2, 0.25) is 0 Å². The molecule has 0 unspecified atom stereocenters. The zero-order valence-corrected chi connectivity index (χ0v) is 10.1. The number of thiazole rings is 1. The fourth-order valence-corrected chi connectivity index (χ4v) is 2.25. The Morgan fingerprint density at radius 3 is 2.81 bits per heavy atom. The molecule has 0 saturated heterocycles. The van der Waals surface area contributed by atoms with E-state index in [4.69, 9.17) is 0 Å². The summed E-state index contributed by atoms with van der Waals surface area (Å²) >= 11 is 1.69. The second-order valence-electron chi connectivity index (χ2n) is 3.70. The molecule has 0 aliphatic rings. The van der Waals surface area contributed by atoms with E-state index < -0.39 is 0 Å². The average Bonchev–Trinajstić information content (AvgIpc) is 2.63. The Morgan fingerprint density at radius 1 is 1.38 bits per heavy atom. The highest BCUT2D eigenvalue weighted by Gasteiger charge is 2.01. The number of aromatic hydroxyl groups is 1. The predicted molar refractivity (Wildman–Crippen MR) is 67.0 cm³/mol. The Morgan fingerprint density at radius 2 is 2.19 bits per heavy atom. The molecule has 0 aliphatic carbocycles. The number of nitrogens with zero attached hydrogens (tertiary/aromatic N) is 1. The zero-order chi connectivity index (χ0) is 11.5. The number of anilines is 1. The van der Waals surface area contributed by atoms with E-state index in [2.05, 4.69) is 10.3 Å². The van der Waals surface area contributed by atoms with Crippen LogP contribution in [-0.2, 0) is 6.54 Å². The molecule has 0 spiro atoms. The largest absolute Gasteiger partial charge is 0.508 e. The molecule has 1 aromatic carbocycles. The second-order valence-corrected chi connectivity index (χ2v) is 5.02. The lowest BCUT2D eigenvalue weighted by Gasteiger charge is -2.08. The number of benzene rings is 1. The summed E-state index contributed by atoms with van der Waals surface area (Å²) in [5.74, 6) is 0.302. The highest BCUT2D eigenvalue weighted by atomic mass is 32.1. The van der Waals surface area contributed by atoms with Gasteiger partial charge in [-0.05, 0) is 37.6 Å². The van der Waals surface area contributed by atoms with Crippen molar-refractivity contribution in [2.75, 3.05) is 5.32 Å². The summed E-state index contributed by atoms with van der Waals surface area (Å²) in [6, 6.07) is 5.33. The van der Waals surface area contributed by atoms with Crippen LogP contribution in [0, 0.1) is 13.8 Å². The Kier molecular flexibility index (Phi) is 3.10. The topological polar surface area (TPSA) is 45.2 Å². The number of aromatic nitrogens is 1. The standard InChI is InChI=1S/C12H14N2OS/c1-8-5-10(15)3-4-12(8)14-7-11-6-13-9(2)16-11/h3-6,14-15H,7H2,1-2H3. The SMILES string of the molecule is Cc1ncc(CNc2ccc(O)cc2C)s1. The average molecular weight is 234 g/mol. The summed E-state index contributed by atoms with van der Waals surface area (Å²) in [5.41, 5.74) is 2.09. The van der Waals surface area contributed by atoms with Gasteiger partial charge in [0, 0.05) is 16.8 Å². The minimum atomic E-state index is 0.302. The van der Waals surface area contributed by atoms with Gasteiger partial charge in [0.1, 0.15) is 5.75 Å². The third-order valence-electron chi connectivity index (χ3n) is 2.33. The number of nitrogens with one attached hydrogen (secondary N) is 1. The number of phenols is 1. The third kappa shape index (κ3) is 2.52. The zero-order valence-electron chi connectivity index (χ0n) is 9.32. The molecule has 3 nitrogen and oxygen atoms in total. The van der Waals surface area contributed by atoms with E-state index in [0.717, 1.165) is 22.8 Å². The summed E-state index contributed by atoms with van der Waals surface area (Å²) in [7, 11) is 0. The highest BCUT2D eigenvalue weighted by molar-refractivity contribution is 7.11. The lowest BCUT2D eigenvalue weighted by Crippen LogP contribution is -1.98. The van der Waals surface area contributed by atoms with Crippen molar-refractivity contribution in [3.05, 3.63) is 39.8 Å². The third-order valence-corrected chi connectivity index (χ3v) is 3.24. The maximum absolute atomic E-state index is 9.29. The van der Waals surface area contributed by atoms with E-state index >= 15 is 0 Å². The van der Waals surface area contributed by atoms with Crippen molar-refractivity contribution in [3.8, 4) is 5.75 Å². The minimum absolute atomic E-state index is 0.302. The van der Waals surface area contributed by atoms with Gasteiger partial charge in [-0.3, -0.25) is 0 Å². The molecule has 1 aromatic heterocycles. The van der Waals surface area contributed by atoms with Crippen molar-refractivity contribution < 1.29 is 5.11 Å². The van der Waals surface area contributed by atoms with Gasteiger partial charge in [0.25, 0.3) is 0 Å². The molecule has 0 aliphatic heterocycles. The van der Waals surface area contributed by atoms with Crippen LogP contribution in [0.3, 0.4) is 0 Å². The van der Waals surface area contributed by atoms with Crippen LogP contribution >= 0.6 is 11.3 Å². The number of hydrogen-bond donors (Lipinski definition) is 2. The molecular formula is C12H14N2OS. The number of rotatable bonds is 3. The first kappa shape index (κ1) is 11.0. The van der Waals surface area contributed by atoms with Crippen LogP contribution in [0.5, 0.6) is 5.75 Å². The Balaban J connectivity index is 2.04. The number of hydrogen-bond acceptors (Lipinski definition) is 4. The van der Waals surface area contributed by atoms with Gasteiger partial charge in [-0.15, -0.1) is 11.3 Å². The maximum Gasteiger partial charge on any atom is 0.115 e. The molecule has 4 heteroatoms. The van der Waals surface area contributed by atoms with Crippen molar-refractivity contribution in [2.24, 2.45) is 0 Å². The van der Waals surface area contributed by atoms with Crippen molar-refractivity contribution in [1.29, 1.82) is 0 Å². The summed E-state index contributed by atoms with van der Waals surface area (Å²) in [6.07, 6.45) is 1.89. The summed E-state index contributed by atoms with van der Waals surface area (Å²) in [4.78, 5) is 5.42. The molecule has 2 aromatic rings. The number of aryl methyl sites for hydroxylation is 2. The molecule has 0 amide bonds. The first-order valence-corrected chi connectivity index (χ1v) is 5.91. The van der Waals surface area contributed by atoms with E-state index in [9.17, 15) is 5.11 Å². The summed E-state index contributed by atoms with van der Waals surface area (Å²) in [5, 5.41) is 13.7. The van der Waals surface area contributed by atoms with E-state index in [-0.39, 0.29) is 0 Å². The molecule has 16 heavy (non-hydrogen) atoms. The van der Waals surface area contributed by atoms with Gasteiger partial charge in [0.05, 0.1) is 11.6 Å². The molecule has 0 saturated carbocycles. The van der Waals surface area contributed by atoms with Gasteiger partial charge in [0.2, 0.25) is 0 Å². The molecule has 0 bridgehead atoms. The highest BCUT2D eigenvalue weighted by Crippen LogP contribution is 2.21. The van der Waals surface area contributed by atoms with Crippen molar-refractivity contribution in [1.82, 2.24) is 4.98 Å². The molecule has 0 atom stereocenters. The molecular weight excluding hydrogens is 220 g/mol. The predicted octanol–water partition coefficient (Wildman–Crippen LogP) is 3.08. The molecule has 0 radical (unpaired) electrons. The van der Waals surface area contributed by atoms with Gasteiger partial charge < -0.3 is 10.4 Å². The Bertz CT molecular complexity index is 494. The van der Waals surface area contributed by atoms with Crippen molar-refractivity contribution in [2.45, 2.75) is 20.4 Å². The molecule has 2 rings (SSSR count). The molecule has 84 valence electrons. The lowest BCUT2D eigenvalue weighted by molar-refractivity contribution is 0.475. The maximum atomic E-state index is 9.29. The fourth-order valence-electron chi connectivity index (χ4n) is 1.52. The van der Waals surface area contributed by atoms with Crippen LogP contribution in [0.4, 0.5) is 5.69 Å². The molecule has 1 heterocycles. The van der Waals surface area contributed by atoms with Gasteiger partial charge >= 0.3 is 0 Å². The van der Waals surface area contributed by atoms with E-state index in [1.165, 1.54) is 4.88 Å². The van der Waals surface area contributed by atoms with Crippen LogP contribution in [0.1, 0.15) is 15.4 Å². The monoisotopic (exact) mass is 234 g/mol. The van der Waals surface area contributed by atoms with Crippen molar-refractivity contribution in [3.63, 3.8) is 0 Å². The molecule has 0 fully saturated rings. The summed E-state index contributed by atoms with van der Waals surface area (Å²) in [6.45, 7) is 4.75. The van der Waals surface area contributed by atoms with Crippen molar-refractivity contribution >= 4 is 17.0 Å². The van der Waals surface area contributed by atoms with Gasteiger partial charge in [-0.2, -0.15) is 0 Å². The Hall–Kier alpha value is -1.55. The van der Waals surface area contributed by atoms with Crippen LogP contribution in [-0.4, -0.2) is 10.1 Å². The molecule has 2 N–H and O–H groups in total. The fraction of sp³-hybridized carbons (Fsp3) is 0.250. The Labute approximate surface area is 98.8 Å². The quantitative estimate of drug-likeness (QED) is 0.802. The smallest absolute Gasteiger partial charge is 0.115 e.